The molecular formula is C19H22F2. The maximum Gasteiger partial charge on any atom is 0.129 e. The van der Waals surface area contributed by atoms with E-state index in [1.54, 1.807) is 0 Å². The van der Waals surface area contributed by atoms with Crippen LogP contribution in [0.4, 0.5) is 8.78 Å². The summed E-state index contributed by atoms with van der Waals surface area (Å²) < 4.78 is 27.5. The molecule has 1 aliphatic rings. The quantitative estimate of drug-likeness (QED) is 0.596. The summed E-state index contributed by atoms with van der Waals surface area (Å²) in [5, 5.41) is 0. The van der Waals surface area contributed by atoms with Crippen LogP contribution in [0.1, 0.15) is 49.7 Å². The number of rotatable bonds is 5. The van der Waals surface area contributed by atoms with E-state index in [1.807, 2.05) is 0 Å². The zero-order valence-electron chi connectivity index (χ0n) is 12.8. The number of allylic oxidation sites excluding steroid dienone is 5. The third kappa shape index (κ3) is 3.90. The van der Waals surface area contributed by atoms with Crippen molar-refractivity contribution in [2.45, 2.75) is 45.4 Å². The first-order valence-corrected chi connectivity index (χ1v) is 7.48. The predicted octanol–water partition coefficient (Wildman–Crippen LogP) is 6.31. The van der Waals surface area contributed by atoms with Crippen molar-refractivity contribution in [1.82, 2.24) is 0 Å². The second-order valence-corrected chi connectivity index (χ2v) is 5.82. The molecule has 1 unspecified atom stereocenters. The van der Waals surface area contributed by atoms with Gasteiger partial charge in [0.2, 0.25) is 0 Å². The first-order chi connectivity index (χ1) is 9.99. The van der Waals surface area contributed by atoms with Crippen LogP contribution in [0, 0.1) is 6.92 Å². The first kappa shape index (κ1) is 15.7. The van der Waals surface area contributed by atoms with Gasteiger partial charge in [0.25, 0.3) is 0 Å². The fraction of sp³-hybridized carbons (Fsp3) is 0.368. The van der Waals surface area contributed by atoms with Gasteiger partial charge in [0.1, 0.15) is 11.7 Å². The van der Waals surface area contributed by atoms with Crippen molar-refractivity contribution in [2.75, 3.05) is 0 Å². The minimum Gasteiger partial charge on any atom is -0.211 e. The molecule has 0 saturated heterocycles. The van der Waals surface area contributed by atoms with E-state index in [9.17, 15) is 8.78 Å². The Kier molecular flexibility index (Phi) is 5.11. The van der Waals surface area contributed by atoms with Crippen molar-refractivity contribution in [1.29, 1.82) is 0 Å². The number of hydrogen-bond donors (Lipinski definition) is 0. The molecule has 0 spiro atoms. The van der Waals surface area contributed by atoms with E-state index < -0.39 is 5.83 Å². The molecule has 0 nitrogen and oxygen atoms in total. The van der Waals surface area contributed by atoms with Crippen molar-refractivity contribution in [2.24, 2.45) is 0 Å². The van der Waals surface area contributed by atoms with Crippen molar-refractivity contribution in [3.05, 3.63) is 70.8 Å². The largest absolute Gasteiger partial charge is 0.211 e. The Bertz CT molecular complexity index is 576. The second-order valence-electron chi connectivity index (χ2n) is 5.82. The lowest BCUT2D eigenvalue weighted by Gasteiger charge is -2.17. The lowest BCUT2D eigenvalue weighted by molar-refractivity contribution is 0.540. The molecule has 0 N–H and O–H groups in total. The van der Waals surface area contributed by atoms with E-state index in [-0.39, 0.29) is 17.8 Å². The zero-order chi connectivity index (χ0) is 15.4. The molecule has 0 aromatic heterocycles. The Labute approximate surface area is 125 Å². The summed E-state index contributed by atoms with van der Waals surface area (Å²) in [6, 6.07) is 8.41. The third-order valence-electron chi connectivity index (χ3n) is 4.08. The predicted molar refractivity (Wildman–Crippen MR) is 84.5 cm³/mol. The summed E-state index contributed by atoms with van der Waals surface area (Å²) in [5.41, 5.74) is 3.16. The van der Waals surface area contributed by atoms with Gasteiger partial charge in [-0.3, -0.25) is 0 Å². The fourth-order valence-corrected chi connectivity index (χ4v) is 2.62. The van der Waals surface area contributed by atoms with Gasteiger partial charge in [-0.25, -0.2) is 8.78 Å². The highest BCUT2D eigenvalue weighted by atomic mass is 19.1. The van der Waals surface area contributed by atoms with Gasteiger partial charge in [-0.15, -0.1) is 0 Å². The van der Waals surface area contributed by atoms with Gasteiger partial charge >= 0.3 is 0 Å². The van der Waals surface area contributed by atoms with Crippen molar-refractivity contribution in [3.63, 3.8) is 0 Å². The van der Waals surface area contributed by atoms with Gasteiger partial charge in [0, 0.05) is 12.0 Å². The van der Waals surface area contributed by atoms with Crippen LogP contribution in [-0.2, 0) is 0 Å². The molecule has 2 heteroatoms. The molecule has 2 rings (SSSR count). The van der Waals surface area contributed by atoms with Crippen LogP contribution in [0.5, 0.6) is 0 Å². The van der Waals surface area contributed by atoms with Crippen LogP contribution in [-0.4, -0.2) is 0 Å². The summed E-state index contributed by atoms with van der Waals surface area (Å²) in [7, 11) is 0. The second kappa shape index (κ2) is 6.84. The van der Waals surface area contributed by atoms with Crippen LogP contribution < -0.4 is 0 Å². The zero-order valence-corrected chi connectivity index (χ0v) is 12.8. The van der Waals surface area contributed by atoms with E-state index in [1.165, 1.54) is 17.2 Å². The number of benzene rings is 1. The molecular weight excluding hydrogens is 266 g/mol. The highest BCUT2D eigenvalue weighted by Crippen LogP contribution is 2.34. The molecule has 0 bridgehead atoms. The molecule has 112 valence electrons. The average molecular weight is 288 g/mol. The third-order valence-corrected chi connectivity index (χ3v) is 4.08. The monoisotopic (exact) mass is 288 g/mol. The highest BCUT2D eigenvalue weighted by molar-refractivity contribution is 5.45. The van der Waals surface area contributed by atoms with Gasteiger partial charge in [-0.05, 0) is 49.3 Å². The van der Waals surface area contributed by atoms with Crippen LogP contribution in [0.2, 0.25) is 0 Å². The molecule has 0 fully saturated rings. The van der Waals surface area contributed by atoms with E-state index in [2.05, 4.69) is 44.7 Å². The summed E-state index contributed by atoms with van der Waals surface area (Å²) in [5.74, 6) is -0.462. The molecule has 0 radical (unpaired) electrons. The lowest BCUT2D eigenvalue weighted by atomic mass is 9.90. The lowest BCUT2D eigenvalue weighted by Crippen LogP contribution is -2.01. The molecule has 0 saturated carbocycles. The molecule has 0 heterocycles. The van der Waals surface area contributed by atoms with Gasteiger partial charge in [-0.2, -0.15) is 0 Å². The van der Waals surface area contributed by atoms with E-state index >= 15 is 0 Å². The van der Waals surface area contributed by atoms with E-state index in [0.29, 0.717) is 24.3 Å². The van der Waals surface area contributed by atoms with Crippen LogP contribution in [0.25, 0.3) is 0 Å². The van der Waals surface area contributed by atoms with Gasteiger partial charge in [0.05, 0.1) is 0 Å². The standard InChI is InChI=1S/C19H22F2/c1-13-7-11-16(12-8-13)14(2)9-10-15(3)19-17(20)5-4-6-18(19)21/h5,7-8,11-12,14H,3-4,6,9-10H2,1-2H3. The van der Waals surface area contributed by atoms with Gasteiger partial charge in [-0.1, -0.05) is 43.3 Å². The first-order valence-electron chi connectivity index (χ1n) is 7.48. The molecule has 1 atom stereocenters. The summed E-state index contributed by atoms with van der Waals surface area (Å²) in [4.78, 5) is 0. The topological polar surface area (TPSA) is 0 Å². The number of hydrogen-bond acceptors (Lipinski definition) is 0. The maximum absolute atomic E-state index is 13.8. The van der Waals surface area contributed by atoms with E-state index in [4.69, 9.17) is 0 Å². The molecule has 1 aliphatic carbocycles. The normalized spacial score (nSPS) is 16.7. The van der Waals surface area contributed by atoms with Crippen LogP contribution >= 0.6 is 0 Å². The van der Waals surface area contributed by atoms with Gasteiger partial charge < -0.3 is 0 Å². The minimum atomic E-state index is -0.452. The Balaban J connectivity index is 1.98. The molecule has 1 aromatic carbocycles. The summed E-state index contributed by atoms with van der Waals surface area (Å²) in [6.45, 7) is 8.07. The summed E-state index contributed by atoms with van der Waals surface area (Å²) >= 11 is 0. The number of aryl methyl sites for hydroxylation is 1. The van der Waals surface area contributed by atoms with Crippen molar-refractivity contribution >= 4 is 0 Å². The molecule has 1 aromatic rings. The minimum absolute atomic E-state index is 0.109. The highest BCUT2D eigenvalue weighted by Gasteiger charge is 2.19. The fourth-order valence-electron chi connectivity index (χ4n) is 2.62. The van der Waals surface area contributed by atoms with Crippen LogP contribution in [0.15, 0.2) is 59.7 Å². The Hall–Kier alpha value is -1.70. The summed E-state index contributed by atoms with van der Waals surface area (Å²) in [6.07, 6.45) is 3.63. The molecule has 0 aliphatic heterocycles. The van der Waals surface area contributed by atoms with Gasteiger partial charge in [0.15, 0.2) is 0 Å². The maximum atomic E-state index is 13.8. The average Bonchev–Trinajstić information content (AvgIpc) is 2.45. The smallest absolute Gasteiger partial charge is 0.129 e. The molecule has 0 amide bonds. The Morgan fingerprint density at radius 3 is 2.52 bits per heavy atom. The van der Waals surface area contributed by atoms with Crippen LogP contribution in [0.3, 0.4) is 0 Å². The van der Waals surface area contributed by atoms with E-state index in [0.717, 1.165) is 6.42 Å². The SMILES string of the molecule is C=C(CCC(C)c1ccc(C)cc1)C1=C(F)CCC=C1F. The van der Waals surface area contributed by atoms with Crippen molar-refractivity contribution < 1.29 is 8.78 Å². The molecule has 21 heavy (non-hydrogen) atoms. The number of halogens is 2. The van der Waals surface area contributed by atoms with Crippen molar-refractivity contribution in [3.8, 4) is 0 Å². The Morgan fingerprint density at radius 1 is 1.24 bits per heavy atom. The Morgan fingerprint density at radius 2 is 1.90 bits per heavy atom.